The molecule has 0 radical (unpaired) electrons. The van der Waals surface area contributed by atoms with Gasteiger partial charge in [-0.25, -0.2) is 0 Å². The summed E-state index contributed by atoms with van der Waals surface area (Å²) in [4.78, 5) is 11.9. The van der Waals surface area contributed by atoms with Gasteiger partial charge < -0.3 is 11.1 Å². The Balaban J connectivity index is 1.88. The van der Waals surface area contributed by atoms with Crippen LogP contribution in [-0.2, 0) is 6.54 Å². The van der Waals surface area contributed by atoms with Crippen LogP contribution in [0.2, 0.25) is 0 Å². The number of nitrogens with zero attached hydrogens (tertiary/aromatic N) is 2. The molecular formula is C12H20N4O. The van der Waals surface area contributed by atoms with Gasteiger partial charge in [0.1, 0.15) is 5.69 Å². The molecule has 0 aliphatic heterocycles. The summed E-state index contributed by atoms with van der Waals surface area (Å²) in [5, 5.41) is 7.21. The summed E-state index contributed by atoms with van der Waals surface area (Å²) in [7, 11) is 0. The van der Waals surface area contributed by atoms with Crippen LogP contribution in [-0.4, -0.2) is 27.8 Å². The number of aryl methyl sites for hydroxylation is 1. The number of nitrogens with one attached hydrogen (secondary N) is 1. The van der Waals surface area contributed by atoms with E-state index in [1.54, 1.807) is 10.7 Å². The van der Waals surface area contributed by atoms with Crippen LogP contribution in [0.5, 0.6) is 0 Å². The molecule has 0 atom stereocenters. The number of hydrogen-bond acceptors (Lipinski definition) is 3. The van der Waals surface area contributed by atoms with Gasteiger partial charge in [0.05, 0.1) is 0 Å². The highest BCUT2D eigenvalue weighted by Crippen LogP contribution is 2.17. The molecule has 1 aromatic rings. The first-order chi connectivity index (χ1) is 8.19. The van der Waals surface area contributed by atoms with E-state index in [0.29, 0.717) is 11.7 Å². The van der Waals surface area contributed by atoms with Crippen molar-refractivity contribution >= 4 is 5.91 Å². The average molecular weight is 236 g/mol. The molecule has 0 saturated heterocycles. The first-order valence-electron chi connectivity index (χ1n) is 6.29. The average Bonchev–Trinajstić information content (AvgIpc) is 2.81. The molecule has 17 heavy (non-hydrogen) atoms. The van der Waals surface area contributed by atoms with E-state index in [1.807, 2.05) is 13.1 Å². The number of amides is 1. The maximum atomic E-state index is 11.9. The quantitative estimate of drug-likeness (QED) is 0.819. The molecule has 1 aliphatic carbocycles. The predicted octanol–water partition coefficient (Wildman–Crippen LogP) is 0.903. The van der Waals surface area contributed by atoms with Crippen LogP contribution in [0.4, 0.5) is 0 Å². The topological polar surface area (TPSA) is 72.9 Å². The minimum atomic E-state index is -0.0716. The van der Waals surface area contributed by atoms with Crippen molar-refractivity contribution in [3.05, 3.63) is 18.0 Å². The first-order valence-corrected chi connectivity index (χ1v) is 6.29. The fourth-order valence-corrected chi connectivity index (χ4v) is 2.18. The third-order valence-electron chi connectivity index (χ3n) is 3.30. The van der Waals surface area contributed by atoms with Gasteiger partial charge in [0.15, 0.2) is 0 Å². The molecule has 1 aromatic heterocycles. The van der Waals surface area contributed by atoms with Crippen molar-refractivity contribution < 1.29 is 4.79 Å². The van der Waals surface area contributed by atoms with Crippen molar-refractivity contribution in [2.24, 2.45) is 5.73 Å². The molecule has 1 saturated carbocycles. The molecule has 1 aliphatic rings. The van der Waals surface area contributed by atoms with Gasteiger partial charge in [-0.3, -0.25) is 9.48 Å². The lowest BCUT2D eigenvalue weighted by atomic mass is 9.92. The van der Waals surface area contributed by atoms with Gasteiger partial charge in [-0.05, 0) is 38.7 Å². The number of carbonyl (C=O) groups is 1. The third-order valence-corrected chi connectivity index (χ3v) is 3.30. The van der Waals surface area contributed by atoms with Gasteiger partial charge in [-0.2, -0.15) is 5.10 Å². The van der Waals surface area contributed by atoms with Gasteiger partial charge >= 0.3 is 0 Å². The fraction of sp³-hybridized carbons (Fsp3) is 0.667. The standard InChI is InChI=1S/C12H20N4O/c1-2-16-8-7-11(15-16)12(17)14-10-5-3-9(13)4-6-10/h7-10H,2-6,13H2,1H3,(H,14,17). The van der Waals surface area contributed by atoms with Crippen LogP contribution in [0.15, 0.2) is 12.3 Å². The second kappa shape index (κ2) is 5.31. The highest BCUT2D eigenvalue weighted by molar-refractivity contribution is 5.92. The maximum absolute atomic E-state index is 11.9. The second-order valence-corrected chi connectivity index (χ2v) is 4.64. The van der Waals surface area contributed by atoms with Gasteiger partial charge in [0.2, 0.25) is 0 Å². The summed E-state index contributed by atoms with van der Waals surface area (Å²) >= 11 is 0. The van der Waals surface area contributed by atoms with E-state index in [2.05, 4.69) is 10.4 Å². The smallest absolute Gasteiger partial charge is 0.271 e. The SMILES string of the molecule is CCn1ccc(C(=O)NC2CCC(N)CC2)n1. The fourth-order valence-electron chi connectivity index (χ4n) is 2.18. The zero-order valence-corrected chi connectivity index (χ0v) is 10.2. The van der Waals surface area contributed by atoms with Crippen molar-refractivity contribution in [2.75, 3.05) is 0 Å². The minimum Gasteiger partial charge on any atom is -0.348 e. The van der Waals surface area contributed by atoms with Gasteiger partial charge in [-0.1, -0.05) is 0 Å². The molecule has 5 heteroatoms. The van der Waals surface area contributed by atoms with Crippen LogP contribution in [0, 0.1) is 0 Å². The molecule has 0 unspecified atom stereocenters. The molecule has 1 fully saturated rings. The molecular weight excluding hydrogens is 216 g/mol. The molecule has 1 heterocycles. The molecule has 3 N–H and O–H groups in total. The second-order valence-electron chi connectivity index (χ2n) is 4.64. The Morgan fingerprint density at radius 3 is 2.82 bits per heavy atom. The van der Waals surface area contributed by atoms with Crippen LogP contribution >= 0.6 is 0 Å². The molecule has 0 bridgehead atoms. The van der Waals surface area contributed by atoms with Crippen molar-refractivity contribution in [1.82, 2.24) is 15.1 Å². The summed E-state index contributed by atoms with van der Waals surface area (Å²) < 4.78 is 1.76. The van der Waals surface area contributed by atoms with Crippen LogP contribution < -0.4 is 11.1 Å². The highest BCUT2D eigenvalue weighted by Gasteiger charge is 2.21. The lowest BCUT2D eigenvalue weighted by Gasteiger charge is -2.26. The first kappa shape index (κ1) is 12.1. The van der Waals surface area contributed by atoms with Crippen LogP contribution in [0.25, 0.3) is 0 Å². The molecule has 94 valence electrons. The monoisotopic (exact) mass is 236 g/mol. The van der Waals surface area contributed by atoms with E-state index in [4.69, 9.17) is 5.73 Å². The van der Waals surface area contributed by atoms with E-state index < -0.39 is 0 Å². The maximum Gasteiger partial charge on any atom is 0.271 e. The molecule has 0 spiro atoms. The lowest BCUT2D eigenvalue weighted by Crippen LogP contribution is -2.40. The molecule has 2 rings (SSSR count). The molecule has 1 amide bonds. The Kier molecular flexibility index (Phi) is 3.78. The van der Waals surface area contributed by atoms with Gasteiger partial charge in [0, 0.05) is 24.8 Å². The summed E-state index contributed by atoms with van der Waals surface area (Å²) in [6.07, 6.45) is 5.76. The van der Waals surface area contributed by atoms with Crippen molar-refractivity contribution in [1.29, 1.82) is 0 Å². The van der Waals surface area contributed by atoms with E-state index >= 15 is 0 Å². The van der Waals surface area contributed by atoms with Crippen molar-refractivity contribution in [2.45, 2.75) is 51.2 Å². The Morgan fingerprint density at radius 1 is 1.53 bits per heavy atom. The number of rotatable bonds is 3. The van der Waals surface area contributed by atoms with E-state index in [-0.39, 0.29) is 11.9 Å². The summed E-state index contributed by atoms with van der Waals surface area (Å²) in [5.41, 5.74) is 6.33. The van der Waals surface area contributed by atoms with Gasteiger partial charge in [0.25, 0.3) is 5.91 Å². The van der Waals surface area contributed by atoms with E-state index in [1.165, 1.54) is 0 Å². The zero-order chi connectivity index (χ0) is 12.3. The van der Waals surface area contributed by atoms with Crippen LogP contribution in [0.3, 0.4) is 0 Å². The summed E-state index contributed by atoms with van der Waals surface area (Å²) in [6.45, 7) is 2.78. The zero-order valence-electron chi connectivity index (χ0n) is 10.2. The van der Waals surface area contributed by atoms with E-state index in [9.17, 15) is 4.79 Å². The Bertz CT molecular complexity index is 380. The van der Waals surface area contributed by atoms with Crippen LogP contribution in [0.1, 0.15) is 43.1 Å². The Morgan fingerprint density at radius 2 is 2.24 bits per heavy atom. The summed E-state index contributed by atoms with van der Waals surface area (Å²) in [5.74, 6) is -0.0716. The number of aromatic nitrogens is 2. The number of carbonyl (C=O) groups excluding carboxylic acids is 1. The Labute approximate surface area is 101 Å². The van der Waals surface area contributed by atoms with Crippen molar-refractivity contribution in [3.8, 4) is 0 Å². The van der Waals surface area contributed by atoms with Gasteiger partial charge in [-0.15, -0.1) is 0 Å². The number of nitrogens with two attached hydrogens (primary N) is 1. The third kappa shape index (κ3) is 3.06. The molecule has 5 nitrogen and oxygen atoms in total. The highest BCUT2D eigenvalue weighted by atomic mass is 16.2. The van der Waals surface area contributed by atoms with Crippen molar-refractivity contribution in [3.63, 3.8) is 0 Å². The predicted molar refractivity (Wildman–Crippen MR) is 65.6 cm³/mol. The normalized spacial score (nSPS) is 24.6. The summed E-state index contributed by atoms with van der Waals surface area (Å²) in [6, 6.07) is 2.32. The Hall–Kier alpha value is -1.36. The largest absolute Gasteiger partial charge is 0.348 e. The number of hydrogen-bond donors (Lipinski definition) is 2. The van der Waals surface area contributed by atoms with E-state index in [0.717, 1.165) is 32.2 Å². The minimum absolute atomic E-state index is 0.0716. The lowest BCUT2D eigenvalue weighted by molar-refractivity contribution is 0.0920. The molecule has 0 aromatic carbocycles.